The standard InChI is InChI=1S/C19H20ClN3OS/c1-12-10-19(17-13(4-8-24-19)9-16(20)25-17)11-15(22-12)14-3-2-6-23-7-5-21-18(14)23/h2-3,5-7,9,12,15,22H,4,8,10-11H2,1H3. The Hall–Kier alpha value is -1.40. The average molecular weight is 374 g/mol. The van der Waals surface area contributed by atoms with Crippen LogP contribution in [-0.2, 0) is 16.8 Å². The Labute approximate surface area is 155 Å². The van der Waals surface area contributed by atoms with Crippen molar-refractivity contribution in [2.75, 3.05) is 6.61 Å². The molecule has 0 saturated carbocycles. The van der Waals surface area contributed by atoms with Gasteiger partial charge in [-0.25, -0.2) is 4.98 Å². The summed E-state index contributed by atoms with van der Waals surface area (Å²) < 4.78 is 9.40. The highest BCUT2D eigenvalue weighted by Crippen LogP contribution is 2.50. The Morgan fingerprint density at radius 3 is 3.24 bits per heavy atom. The van der Waals surface area contributed by atoms with Gasteiger partial charge in [-0.1, -0.05) is 17.7 Å². The molecule has 0 amide bonds. The Morgan fingerprint density at radius 2 is 2.32 bits per heavy atom. The summed E-state index contributed by atoms with van der Waals surface area (Å²) in [5.74, 6) is 0. The van der Waals surface area contributed by atoms with Gasteiger partial charge >= 0.3 is 0 Å². The van der Waals surface area contributed by atoms with Crippen molar-refractivity contribution < 1.29 is 4.74 Å². The van der Waals surface area contributed by atoms with E-state index in [1.165, 1.54) is 16.0 Å². The third-order valence-electron chi connectivity index (χ3n) is 5.42. The highest BCUT2D eigenvalue weighted by Gasteiger charge is 2.46. The van der Waals surface area contributed by atoms with Crippen LogP contribution in [0.25, 0.3) is 5.65 Å². The number of nitrogens with one attached hydrogen (secondary N) is 1. The molecule has 0 bridgehead atoms. The van der Waals surface area contributed by atoms with Crippen LogP contribution in [0.2, 0.25) is 4.34 Å². The number of hydrogen-bond donors (Lipinski definition) is 1. The molecule has 1 saturated heterocycles. The molecule has 5 heterocycles. The molecule has 25 heavy (non-hydrogen) atoms. The molecule has 3 unspecified atom stereocenters. The second kappa shape index (κ2) is 5.81. The molecule has 0 radical (unpaired) electrons. The lowest BCUT2D eigenvalue weighted by molar-refractivity contribution is -0.0953. The van der Waals surface area contributed by atoms with Crippen LogP contribution >= 0.6 is 22.9 Å². The van der Waals surface area contributed by atoms with Crippen molar-refractivity contribution in [3.05, 3.63) is 57.1 Å². The maximum Gasteiger partial charge on any atom is 0.141 e. The van der Waals surface area contributed by atoms with Crippen molar-refractivity contribution in [2.45, 2.75) is 43.9 Å². The fourth-order valence-corrected chi connectivity index (χ4v) is 5.97. The minimum absolute atomic E-state index is 0.210. The highest BCUT2D eigenvalue weighted by atomic mass is 35.5. The molecular weight excluding hydrogens is 354 g/mol. The van der Waals surface area contributed by atoms with Crippen molar-refractivity contribution in [3.63, 3.8) is 0 Å². The molecule has 1 spiro atoms. The van der Waals surface area contributed by atoms with Crippen molar-refractivity contribution >= 4 is 28.6 Å². The summed E-state index contributed by atoms with van der Waals surface area (Å²) >= 11 is 8.03. The van der Waals surface area contributed by atoms with Gasteiger partial charge in [-0.05, 0) is 37.5 Å². The second-order valence-corrected chi connectivity index (χ2v) is 8.83. The molecule has 3 aromatic rings. The van der Waals surface area contributed by atoms with E-state index >= 15 is 0 Å². The molecule has 2 aliphatic rings. The van der Waals surface area contributed by atoms with Gasteiger partial charge in [-0.15, -0.1) is 11.3 Å². The van der Waals surface area contributed by atoms with Crippen LogP contribution in [0.4, 0.5) is 0 Å². The maximum atomic E-state index is 6.45. The van der Waals surface area contributed by atoms with Crippen LogP contribution in [0.15, 0.2) is 36.8 Å². The zero-order valence-corrected chi connectivity index (χ0v) is 15.6. The van der Waals surface area contributed by atoms with E-state index in [0.29, 0.717) is 6.04 Å². The SMILES string of the molecule is CC1CC2(CC(c3cccn4ccnc34)N1)OCCc1cc(Cl)sc12. The lowest BCUT2D eigenvalue weighted by atomic mass is 9.78. The van der Waals surface area contributed by atoms with Crippen LogP contribution in [0.3, 0.4) is 0 Å². The van der Waals surface area contributed by atoms with Gasteiger partial charge < -0.3 is 14.5 Å². The number of hydrogen-bond acceptors (Lipinski definition) is 4. The van der Waals surface area contributed by atoms with Crippen molar-refractivity contribution in [1.82, 2.24) is 14.7 Å². The number of ether oxygens (including phenoxy) is 1. The van der Waals surface area contributed by atoms with E-state index in [2.05, 4.69) is 39.8 Å². The van der Waals surface area contributed by atoms with Gasteiger partial charge in [0.05, 0.1) is 10.9 Å². The molecule has 0 aliphatic carbocycles. The number of fused-ring (bicyclic) bond motifs is 3. The first-order valence-corrected chi connectivity index (χ1v) is 9.94. The molecule has 6 heteroatoms. The molecule has 130 valence electrons. The van der Waals surface area contributed by atoms with Crippen molar-refractivity contribution in [1.29, 1.82) is 0 Å². The van der Waals surface area contributed by atoms with E-state index < -0.39 is 0 Å². The predicted octanol–water partition coefficient (Wildman–Crippen LogP) is 4.33. The van der Waals surface area contributed by atoms with Crippen LogP contribution in [0, 0.1) is 0 Å². The largest absolute Gasteiger partial charge is 0.369 e. The zero-order chi connectivity index (χ0) is 17.0. The predicted molar refractivity (Wildman–Crippen MR) is 100 cm³/mol. The van der Waals surface area contributed by atoms with Gasteiger partial charge in [0.1, 0.15) is 11.2 Å². The third-order valence-corrected chi connectivity index (χ3v) is 6.91. The van der Waals surface area contributed by atoms with Gasteiger partial charge in [0, 0.05) is 47.5 Å². The van der Waals surface area contributed by atoms with Crippen LogP contribution in [-0.4, -0.2) is 22.0 Å². The van der Waals surface area contributed by atoms with Gasteiger partial charge in [-0.3, -0.25) is 0 Å². The Bertz CT molecular complexity index is 936. The number of imidazole rings is 1. The summed E-state index contributed by atoms with van der Waals surface area (Å²) in [7, 11) is 0. The summed E-state index contributed by atoms with van der Waals surface area (Å²) in [5, 5.41) is 3.76. The summed E-state index contributed by atoms with van der Waals surface area (Å²) in [5.41, 5.74) is 3.38. The number of piperidine rings is 1. The quantitative estimate of drug-likeness (QED) is 0.690. The van der Waals surface area contributed by atoms with Gasteiger partial charge in [-0.2, -0.15) is 0 Å². The fraction of sp³-hybridized carbons (Fsp3) is 0.421. The number of nitrogens with zero attached hydrogens (tertiary/aromatic N) is 2. The minimum atomic E-state index is -0.236. The monoisotopic (exact) mass is 373 g/mol. The van der Waals surface area contributed by atoms with E-state index in [4.69, 9.17) is 16.3 Å². The van der Waals surface area contributed by atoms with Crippen molar-refractivity contribution in [2.24, 2.45) is 0 Å². The lowest BCUT2D eigenvalue weighted by Crippen LogP contribution is -2.49. The first-order valence-electron chi connectivity index (χ1n) is 8.75. The Kier molecular flexibility index (Phi) is 3.68. The molecule has 4 nitrogen and oxygen atoms in total. The van der Waals surface area contributed by atoms with Crippen LogP contribution < -0.4 is 5.32 Å². The summed E-state index contributed by atoms with van der Waals surface area (Å²) in [6, 6.07) is 6.97. The number of rotatable bonds is 1. The molecule has 0 aromatic carbocycles. The second-order valence-electron chi connectivity index (χ2n) is 7.15. The Balaban J connectivity index is 1.59. The minimum Gasteiger partial charge on any atom is -0.369 e. The molecular formula is C19H20ClN3OS. The van der Waals surface area contributed by atoms with E-state index in [0.717, 1.165) is 35.9 Å². The van der Waals surface area contributed by atoms with Gasteiger partial charge in [0.2, 0.25) is 0 Å². The highest BCUT2D eigenvalue weighted by molar-refractivity contribution is 7.16. The number of pyridine rings is 1. The van der Waals surface area contributed by atoms with E-state index in [1.807, 2.05) is 18.6 Å². The molecule has 2 aliphatic heterocycles. The smallest absolute Gasteiger partial charge is 0.141 e. The van der Waals surface area contributed by atoms with Crippen LogP contribution in [0.5, 0.6) is 0 Å². The summed E-state index contributed by atoms with van der Waals surface area (Å²) in [4.78, 5) is 5.90. The van der Waals surface area contributed by atoms with E-state index in [-0.39, 0.29) is 11.6 Å². The molecule has 3 atom stereocenters. The first kappa shape index (κ1) is 15.8. The van der Waals surface area contributed by atoms with Crippen molar-refractivity contribution in [3.8, 4) is 0 Å². The van der Waals surface area contributed by atoms with E-state index in [9.17, 15) is 0 Å². The van der Waals surface area contributed by atoms with E-state index in [1.54, 1.807) is 11.3 Å². The number of halogens is 1. The third kappa shape index (κ3) is 2.53. The fourth-order valence-electron chi connectivity index (χ4n) is 4.50. The molecule has 1 fully saturated rings. The van der Waals surface area contributed by atoms with Gasteiger partial charge in [0.25, 0.3) is 0 Å². The lowest BCUT2D eigenvalue weighted by Gasteiger charge is -2.46. The topological polar surface area (TPSA) is 38.6 Å². The first-order chi connectivity index (χ1) is 12.1. The maximum absolute atomic E-state index is 6.45. The zero-order valence-electron chi connectivity index (χ0n) is 14.0. The summed E-state index contributed by atoms with van der Waals surface area (Å²) in [6.07, 6.45) is 8.74. The number of aromatic nitrogens is 2. The molecule has 5 rings (SSSR count). The van der Waals surface area contributed by atoms with Gasteiger partial charge in [0.15, 0.2) is 0 Å². The summed E-state index contributed by atoms with van der Waals surface area (Å²) in [6.45, 7) is 3.01. The molecule has 3 aromatic heterocycles. The normalized spacial score (nSPS) is 29.2. The number of thiophene rings is 1. The average Bonchev–Trinajstić information content (AvgIpc) is 3.20. The molecule has 1 N–H and O–H groups in total. The van der Waals surface area contributed by atoms with Crippen LogP contribution in [0.1, 0.15) is 41.8 Å². The Morgan fingerprint density at radius 1 is 1.40 bits per heavy atom.